The minimum Gasteiger partial charge on any atom is -0.454 e. The smallest absolute Gasteiger partial charge is 0.248 e. The number of carbonyl (C=O) groups excluding carboxylic acids is 2. The summed E-state index contributed by atoms with van der Waals surface area (Å²) in [7, 11) is 0. The third-order valence-corrected chi connectivity index (χ3v) is 7.13. The molecule has 0 bridgehead atoms. The van der Waals surface area contributed by atoms with E-state index < -0.39 is 6.04 Å². The highest BCUT2D eigenvalue weighted by Crippen LogP contribution is 2.34. The Balaban J connectivity index is 1.48. The summed E-state index contributed by atoms with van der Waals surface area (Å²) in [5, 5.41) is 13.3. The van der Waals surface area contributed by atoms with Crippen LogP contribution < -0.4 is 14.8 Å². The minimum absolute atomic E-state index is 0.0494. The number of nitrogens with zero attached hydrogens (tertiary/aromatic N) is 4. The molecule has 1 N–H and O–H groups in total. The number of ether oxygens (including phenoxy) is 2. The maximum Gasteiger partial charge on any atom is 0.248 e. The predicted molar refractivity (Wildman–Crippen MR) is 140 cm³/mol. The molecular formula is C27H29N5O4S. The van der Waals surface area contributed by atoms with Crippen molar-refractivity contribution in [1.82, 2.24) is 25.2 Å². The van der Waals surface area contributed by atoms with Crippen molar-refractivity contribution >= 4 is 34.2 Å². The molecule has 2 aromatic heterocycles. The van der Waals surface area contributed by atoms with Crippen LogP contribution in [0, 0.1) is 5.92 Å². The summed E-state index contributed by atoms with van der Waals surface area (Å²) in [6, 6.07) is 16.1. The average Bonchev–Trinajstić information content (AvgIpc) is 3.65. The number of rotatable bonds is 10. The second-order valence-corrected chi connectivity index (χ2v) is 10.3. The van der Waals surface area contributed by atoms with Crippen molar-refractivity contribution in [2.45, 2.75) is 39.4 Å². The van der Waals surface area contributed by atoms with Crippen molar-refractivity contribution in [1.29, 1.82) is 0 Å². The van der Waals surface area contributed by atoms with Crippen molar-refractivity contribution in [2.75, 3.05) is 13.3 Å². The van der Waals surface area contributed by atoms with Crippen LogP contribution >= 0.6 is 11.3 Å². The van der Waals surface area contributed by atoms with Gasteiger partial charge < -0.3 is 19.7 Å². The van der Waals surface area contributed by atoms with Crippen LogP contribution in [0.25, 0.3) is 11.0 Å². The summed E-state index contributed by atoms with van der Waals surface area (Å²) in [6.07, 6.45) is 0.851. The van der Waals surface area contributed by atoms with Gasteiger partial charge in [-0.3, -0.25) is 9.59 Å². The number of amides is 2. The van der Waals surface area contributed by atoms with Crippen LogP contribution in [-0.2, 0) is 22.7 Å². The Hall–Kier alpha value is -3.92. The van der Waals surface area contributed by atoms with Crippen molar-refractivity contribution in [3.63, 3.8) is 0 Å². The van der Waals surface area contributed by atoms with Crippen LogP contribution in [0.5, 0.6) is 11.5 Å². The van der Waals surface area contributed by atoms with E-state index in [0.29, 0.717) is 29.5 Å². The first-order valence-corrected chi connectivity index (χ1v) is 13.1. The van der Waals surface area contributed by atoms with E-state index in [-0.39, 0.29) is 31.7 Å². The van der Waals surface area contributed by atoms with Crippen LogP contribution in [0.3, 0.4) is 0 Å². The largest absolute Gasteiger partial charge is 0.454 e. The molecule has 2 amide bonds. The molecule has 37 heavy (non-hydrogen) atoms. The normalized spacial score (nSPS) is 13.2. The number of aromatic nitrogens is 3. The minimum atomic E-state index is -0.792. The summed E-state index contributed by atoms with van der Waals surface area (Å²) < 4.78 is 12.6. The zero-order valence-corrected chi connectivity index (χ0v) is 21.6. The topological polar surface area (TPSA) is 98.6 Å². The van der Waals surface area contributed by atoms with Crippen molar-refractivity contribution in [2.24, 2.45) is 5.92 Å². The first-order valence-electron chi connectivity index (χ1n) is 12.3. The summed E-state index contributed by atoms with van der Waals surface area (Å²) in [5.74, 6) is 1.29. The number of carbonyl (C=O) groups is 2. The van der Waals surface area contributed by atoms with E-state index in [4.69, 9.17) is 9.47 Å². The molecular weight excluding hydrogens is 490 g/mol. The number of fused-ring (bicyclic) bond motifs is 2. The Morgan fingerprint density at radius 1 is 1.11 bits per heavy atom. The second kappa shape index (κ2) is 11.0. The molecule has 1 aliphatic heterocycles. The van der Waals surface area contributed by atoms with Crippen LogP contribution in [0.1, 0.15) is 36.8 Å². The maximum absolute atomic E-state index is 13.9. The molecule has 0 spiro atoms. The number of hydrogen-bond donors (Lipinski definition) is 1. The number of para-hydroxylation sites is 1. The van der Waals surface area contributed by atoms with Gasteiger partial charge >= 0.3 is 0 Å². The molecule has 1 atom stereocenters. The van der Waals surface area contributed by atoms with E-state index in [1.807, 2.05) is 60.0 Å². The lowest BCUT2D eigenvalue weighted by molar-refractivity contribution is -0.142. The lowest BCUT2D eigenvalue weighted by atomic mass is 10.1. The first kappa shape index (κ1) is 24.8. The molecule has 3 heterocycles. The molecule has 10 heteroatoms. The molecule has 0 saturated carbocycles. The van der Waals surface area contributed by atoms with Crippen molar-refractivity contribution in [3.05, 3.63) is 70.4 Å². The van der Waals surface area contributed by atoms with Crippen LogP contribution in [-0.4, -0.2) is 45.0 Å². The molecule has 2 aromatic carbocycles. The van der Waals surface area contributed by atoms with Crippen LogP contribution in [0.2, 0.25) is 0 Å². The second-order valence-electron chi connectivity index (χ2n) is 9.34. The number of benzene rings is 2. The van der Waals surface area contributed by atoms with E-state index in [1.54, 1.807) is 9.58 Å². The van der Waals surface area contributed by atoms with Crippen molar-refractivity contribution < 1.29 is 19.1 Å². The highest BCUT2D eigenvalue weighted by Gasteiger charge is 2.33. The zero-order valence-electron chi connectivity index (χ0n) is 20.8. The van der Waals surface area contributed by atoms with Gasteiger partial charge in [-0.05, 0) is 53.6 Å². The van der Waals surface area contributed by atoms with E-state index >= 15 is 0 Å². The van der Waals surface area contributed by atoms with E-state index in [9.17, 15) is 9.59 Å². The fraction of sp³-hybridized carbons (Fsp3) is 0.333. The predicted octanol–water partition coefficient (Wildman–Crippen LogP) is 4.15. The Morgan fingerprint density at radius 2 is 1.95 bits per heavy atom. The SMILES string of the molecule is CC(C)CCNC(=O)[C@@H](c1cccs1)N(Cc1ccc2c(c1)OCO2)C(=O)Cn1nnc2ccccc21. The Labute approximate surface area is 219 Å². The molecule has 4 aromatic rings. The maximum atomic E-state index is 13.9. The van der Waals surface area contributed by atoms with Gasteiger partial charge in [0.05, 0.1) is 5.52 Å². The third kappa shape index (κ3) is 5.59. The monoisotopic (exact) mass is 519 g/mol. The lowest BCUT2D eigenvalue weighted by Crippen LogP contribution is -2.44. The molecule has 0 fully saturated rings. The highest BCUT2D eigenvalue weighted by molar-refractivity contribution is 7.10. The lowest BCUT2D eigenvalue weighted by Gasteiger charge is -2.31. The number of thiophene rings is 1. The Morgan fingerprint density at radius 3 is 2.76 bits per heavy atom. The van der Waals surface area contributed by atoms with E-state index in [2.05, 4.69) is 29.5 Å². The van der Waals surface area contributed by atoms with Gasteiger partial charge in [0.15, 0.2) is 11.5 Å². The molecule has 192 valence electrons. The van der Waals surface area contributed by atoms with Gasteiger partial charge in [0.1, 0.15) is 18.1 Å². The first-order chi connectivity index (χ1) is 18.0. The van der Waals surface area contributed by atoms with Gasteiger partial charge in [0, 0.05) is 18.0 Å². The molecule has 1 aliphatic rings. The molecule has 0 saturated heterocycles. The average molecular weight is 520 g/mol. The van der Waals surface area contributed by atoms with Gasteiger partial charge in [-0.2, -0.15) is 0 Å². The summed E-state index contributed by atoms with van der Waals surface area (Å²) >= 11 is 1.45. The molecule has 0 unspecified atom stereocenters. The summed E-state index contributed by atoms with van der Waals surface area (Å²) in [6.45, 7) is 5.09. The summed E-state index contributed by atoms with van der Waals surface area (Å²) in [4.78, 5) is 29.9. The van der Waals surface area contributed by atoms with E-state index in [0.717, 1.165) is 22.4 Å². The standard InChI is InChI=1S/C27H29N5O4S/c1-18(2)11-12-28-27(34)26(24-8-5-13-37-24)31(15-19-9-10-22-23(14-19)36-17-35-22)25(33)16-32-21-7-4-3-6-20(21)29-30-32/h3-10,13-14,18,26H,11-12,15-17H2,1-2H3,(H,28,34)/t26-/m1/s1. The highest BCUT2D eigenvalue weighted by atomic mass is 32.1. The fourth-order valence-corrected chi connectivity index (χ4v) is 5.10. The fourth-order valence-electron chi connectivity index (χ4n) is 4.26. The molecule has 0 aliphatic carbocycles. The quantitative estimate of drug-likeness (QED) is 0.338. The number of nitrogens with one attached hydrogen (secondary N) is 1. The van der Waals surface area contributed by atoms with Gasteiger partial charge in [0.2, 0.25) is 18.6 Å². The Kier molecular flexibility index (Phi) is 7.36. The van der Waals surface area contributed by atoms with Gasteiger partial charge in [-0.25, -0.2) is 4.68 Å². The van der Waals surface area contributed by atoms with Crippen molar-refractivity contribution in [3.8, 4) is 11.5 Å². The summed E-state index contributed by atoms with van der Waals surface area (Å²) in [5.41, 5.74) is 2.30. The molecule has 5 rings (SSSR count). The molecule has 9 nitrogen and oxygen atoms in total. The van der Waals surface area contributed by atoms with Crippen LogP contribution in [0.15, 0.2) is 60.0 Å². The van der Waals surface area contributed by atoms with Gasteiger partial charge in [-0.15, -0.1) is 16.4 Å². The third-order valence-electron chi connectivity index (χ3n) is 6.21. The molecule has 0 radical (unpaired) electrons. The van der Waals surface area contributed by atoms with Gasteiger partial charge in [-0.1, -0.05) is 43.3 Å². The Bertz CT molecular complexity index is 1380. The van der Waals surface area contributed by atoms with E-state index in [1.165, 1.54) is 11.3 Å². The van der Waals surface area contributed by atoms with Gasteiger partial charge in [0.25, 0.3) is 0 Å². The number of hydrogen-bond acceptors (Lipinski definition) is 7. The zero-order chi connectivity index (χ0) is 25.8. The van der Waals surface area contributed by atoms with Crippen LogP contribution in [0.4, 0.5) is 0 Å².